The Morgan fingerprint density at radius 2 is 1.96 bits per heavy atom. The Bertz CT molecular complexity index is 761. The Hall–Kier alpha value is -2.77. The molecule has 116 valence electrons. The smallest absolute Gasteiger partial charge is 0.336 e. The molecule has 0 saturated carbocycles. The molecule has 0 heterocycles. The Morgan fingerprint density at radius 3 is 2.61 bits per heavy atom. The first kappa shape index (κ1) is 16.6. The molecule has 0 radical (unpaired) electrons. The fourth-order valence-corrected chi connectivity index (χ4v) is 1.94. The number of carbonyl (C=O) groups is 1. The maximum Gasteiger partial charge on any atom is 0.336 e. The quantitative estimate of drug-likeness (QED) is 0.468. The zero-order valence-corrected chi connectivity index (χ0v) is 13.2. The van der Waals surface area contributed by atoms with Crippen LogP contribution in [0.4, 0.5) is 0 Å². The number of nitrogens with zero attached hydrogens (tertiary/aromatic N) is 1. The van der Waals surface area contributed by atoms with E-state index in [0.29, 0.717) is 22.9 Å². The largest absolute Gasteiger partial charge is 0.490 e. The molecule has 2 aromatic carbocycles. The van der Waals surface area contributed by atoms with Crippen LogP contribution in [0.5, 0.6) is 11.5 Å². The van der Waals surface area contributed by atoms with Crippen LogP contribution in [0, 0.1) is 11.3 Å². The molecule has 0 aliphatic heterocycles. The van der Waals surface area contributed by atoms with Gasteiger partial charge in [-0.1, -0.05) is 23.7 Å². The van der Waals surface area contributed by atoms with Gasteiger partial charge in [0.05, 0.1) is 18.2 Å². The van der Waals surface area contributed by atoms with Crippen LogP contribution in [-0.2, 0) is 4.79 Å². The normalized spacial score (nSPS) is 10.3. The van der Waals surface area contributed by atoms with Crippen LogP contribution in [0.1, 0.15) is 18.1 Å². The van der Waals surface area contributed by atoms with Gasteiger partial charge in [0, 0.05) is 17.2 Å². The molecule has 2 aromatic rings. The average Bonchev–Trinajstić information content (AvgIpc) is 2.56. The van der Waals surface area contributed by atoms with Gasteiger partial charge < -0.3 is 9.47 Å². The maximum absolute atomic E-state index is 11.9. The van der Waals surface area contributed by atoms with Crippen LogP contribution in [0.2, 0.25) is 5.02 Å². The summed E-state index contributed by atoms with van der Waals surface area (Å²) in [6.45, 7) is 2.21. The average molecular weight is 328 g/mol. The lowest BCUT2D eigenvalue weighted by molar-refractivity contribution is -0.129. The van der Waals surface area contributed by atoms with Gasteiger partial charge in [-0.2, -0.15) is 5.26 Å². The predicted octanol–water partition coefficient (Wildman–Crippen LogP) is 4.23. The summed E-state index contributed by atoms with van der Waals surface area (Å²) in [6.07, 6.45) is 2.94. The van der Waals surface area contributed by atoms with E-state index in [1.165, 1.54) is 18.2 Å². The first-order chi connectivity index (χ1) is 11.1. The molecule has 0 aromatic heterocycles. The van der Waals surface area contributed by atoms with Crippen LogP contribution in [0.15, 0.2) is 48.5 Å². The van der Waals surface area contributed by atoms with E-state index in [4.69, 9.17) is 26.3 Å². The Balaban J connectivity index is 2.10. The van der Waals surface area contributed by atoms with Crippen molar-refractivity contribution in [2.45, 2.75) is 6.92 Å². The lowest BCUT2D eigenvalue weighted by Crippen LogP contribution is -2.06. The third-order valence-electron chi connectivity index (χ3n) is 2.87. The van der Waals surface area contributed by atoms with Crippen molar-refractivity contribution in [3.63, 3.8) is 0 Å². The van der Waals surface area contributed by atoms with Crippen LogP contribution in [-0.4, -0.2) is 12.6 Å². The summed E-state index contributed by atoms with van der Waals surface area (Å²) in [5.41, 5.74) is 1.26. The highest BCUT2D eigenvalue weighted by Gasteiger charge is 2.09. The van der Waals surface area contributed by atoms with Gasteiger partial charge in [-0.3, -0.25) is 0 Å². The van der Waals surface area contributed by atoms with Crippen LogP contribution in [0.25, 0.3) is 6.08 Å². The highest BCUT2D eigenvalue weighted by Crippen LogP contribution is 2.28. The highest BCUT2D eigenvalue weighted by molar-refractivity contribution is 6.30. The van der Waals surface area contributed by atoms with Crippen molar-refractivity contribution < 1.29 is 14.3 Å². The molecule has 0 spiro atoms. The fourth-order valence-electron chi connectivity index (χ4n) is 1.81. The van der Waals surface area contributed by atoms with Crippen molar-refractivity contribution in [3.05, 3.63) is 64.7 Å². The fraction of sp³-hybridized carbons (Fsp3) is 0.111. The number of hydrogen-bond acceptors (Lipinski definition) is 4. The van der Waals surface area contributed by atoms with Gasteiger partial charge in [0.2, 0.25) is 0 Å². The molecule has 0 amide bonds. The Morgan fingerprint density at radius 1 is 1.22 bits per heavy atom. The Labute approximate surface area is 139 Å². The lowest BCUT2D eigenvalue weighted by Gasteiger charge is -2.09. The van der Waals surface area contributed by atoms with Gasteiger partial charge in [0.15, 0.2) is 11.5 Å². The van der Waals surface area contributed by atoms with E-state index >= 15 is 0 Å². The number of carbonyl (C=O) groups excluding carboxylic acids is 1. The van der Waals surface area contributed by atoms with E-state index in [9.17, 15) is 4.79 Å². The molecular formula is C18H14ClNO3. The van der Waals surface area contributed by atoms with Gasteiger partial charge in [0.25, 0.3) is 0 Å². The predicted molar refractivity (Wildman–Crippen MR) is 88.4 cm³/mol. The second-order valence-electron chi connectivity index (χ2n) is 4.51. The Kier molecular flexibility index (Phi) is 5.79. The number of hydrogen-bond donors (Lipinski definition) is 0. The highest BCUT2D eigenvalue weighted by atomic mass is 35.5. The van der Waals surface area contributed by atoms with E-state index in [1.807, 2.05) is 13.0 Å². The zero-order chi connectivity index (χ0) is 16.7. The zero-order valence-electron chi connectivity index (χ0n) is 12.5. The van der Waals surface area contributed by atoms with Gasteiger partial charge in [-0.25, -0.2) is 4.79 Å². The van der Waals surface area contributed by atoms with E-state index in [0.717, 1.165) is 5.56 Å². The molecule has 0 saturated heterocycles. The van der Waals surface area contributed by atoms with Gasteiger partial charge >= 0.3 is 5.97 Å². The maximum atomic E-state index is 11.9. The lowest BCUT2D eigenvalue weighted by atomic mass is 10.2. The number of esters is 1. The topological polar surface area (TPSA) is 59.3 Å². The molecule has 23 heavy (non-hydrogen) atoms. The molecule has 0 unspecified atom stereocenters. The number of rotatable bonds is 5. The van der Waals surface area contributed by atoms with Crippen molar-refractivity contribution >= 4 is 23.6 Å². The second kappa shape index (κ2) is 8.02. The summed E-state index contributed by atoms with van der Waals surface area (Å²) in [7, 11) is 0. The van der Waals surface area contributed by atoms with Gasteiger partial charge in [-0.05, 0) is 42.8 Å². The summed E-state index contributed by atoms with van der Waals surface area (Å²) in [5, 5.41) is 9.53. The molecule has 0 bridgehead atoms. The molecular weight excluding hydrogens is 314 g/mol. The van der Waals surface area contributed by atoms with E-state index in [2.05, 4.69) is 0 Å². The van der Waals surface area contributed by atoms with Gasteiger partial charge in [-0.15, -0.1) is 0 Å². The number of benzene rings is 2. The summed E-state index contributed by atoms with van der Waals surface area (Å²) in [5.74, 6) is 0.0991. The first-order valence-electron chi connectivity index (χ1n) is 6.94. The minimum atomic E-state index is -0.536. The van der Waals surface area contributed by atoms with Gasteiger partial charge in [0.1, 0.15) is 0 Å². The van der Waals surface area contributed by atoms with Crippen LogP contribution < -0.4 is 9.47 Å². The second-order valence-corrected chi connectivity index (χ2v) is 4.95. The van der Waals surface area contributed by atoms with Crippen LogP contribution in [0.3, 0.4) is 0 Å². The van der Waals surface area contributed by atoms with Crippen molar-refractivity contribution in [3.8, 4) is 17.6 Å². The molecule has 0 aliphatic rings. The van der Waals surface area contributed by atoms with Crippen LogP contribution >= 0.6 is 11.6 Å². The third kappa shape index (κ3) is 4.87. The van der Waals surface area contributed by atoms with E-state index in [-0.39, 0.29) is 5.75 Å². The monoisotopic (exact) mass is 327 g/mol. The molecule has 0 N–H and O–H groups in total. The van der Waals surface area contributed by atoms with E-state index < -0.39 is 5.97 Å². The molecule has 5 heteroatoms. The summed E-state index contributed by atoms with van der Waals surface area (Å²) < 4.78 is 10.6. The summed E-state index contributed by atoms with van der Waals surface area (Å²) in [4.78, 5) is 11.9. The van der Waals surface area contributed by atoms with E-state index in [1.54, 1.807) is 36.4 Å². The minimum Gasteiger partial charge on any atom is -0.490 e. The number of nitriles is 1. The third-order valence-corrected chi connectivity index (χ3v) is 3.12. The number of ether oxygens (including phenoxy) is 2. The molecule has 0 atom stereocenters. The first-order valence-corrected chi connectivity index (χ1v) is 7.32. The standard InChI is InChI=1S/C18H14ClNO3/c1-2-22-17-11-14(12-20)5-9-16(17)23-18(21)10-6-13-3-7-15(19)8-4-13/h3-11H,2H2,1H3/b10-6+. The van der Waals surface area contributed by atoms with Crippen molar-refractivity contribution in [1.82, 2.24) is 0 Å². The summed E-state index contributed by atoms with van der Waals surface area (Å²) in [6, 6.07) is 13.7. The van der Waals surface area contributed by atoms with Crippen molar-refractivity contribution in [1.29, 1.82) is 5.26 Å². The molecule has 4 nitrogen and oxygen atoms in total. The molecule has 0 aliphatic carbocycles. The molecule has 2 rings (SSSR count). The number of halogens is 1. The summed E-state index contributed by atoms with van der Waals surface area (Å²) >= 11 is 5.80. The SMILES string of the molecule is CCOc1cc(C#N)ccc1OC(=O)/C=C/c1ccc(Cl)cc1. The minimum absolute atomic E-state index is 0.275. The molecule has 0 fully saturated rings. The van der Waals surface area contributed by atoms with Crippen molar-refractivity contribution in [2.24, 2.45) is 0 Å². The van der Waals surface area contributed by atoms with Crippen molar-refractivity contribution in [2.75, 3.05) is 6.61 Å².